The van der Waals surface area contributed by atoms with Gasteiger partial charge in [-0.05, 0) is 85.9 Å². The monoisotopic (exact) mass is 723 g/mol. The first-order valence-electron chi connectivity index (χ1n) is 14.0. The Morgan fingerprint density at radius 2 is 0.667 bits per heavy atom. The molecule has 0 aliphatic heterocycles. The van der Waals surface area contributed by atoms with Crippen molar-refractivity contribution >= 4 is 40.0 Å². The zero-order chi connectivity index (χ0) is 22.1. The first kappa shape index (κ1) is 33.1. The summed E-state index contributed by atoms with van der Waals surface area (Å²) in [5.74, 6) is 8.64. The minimum absolute atomic E-state index is 0. The quantitative estimate of drug-likeness (QED) is 0.248. The van der Waals surface area contributed by atoms with E-state index in [1.54, 1.807) is 89.9 Å². The van der Waals surface area contributed by atoms with E-state index in [9.17, 15) is 0 Å². The number of hydrogen-bond acceptors (Lipinski definition) is 0. The van der Waals surface area contributed by atoms with Crippen LogP contribution in [0.1, 0.15) is 144 Å². The third-order valence-corrected chi connectivity index (χ3v) is 10.1. The molecule has 4 rings (SSSR count). The van der Waals surface area contributed by atoms with E-state index in [2.05, 4.69) is 53.8 Å². The Morgan fingerprint density at radius 1 is 0.455 bits per heavy atom. The maximum absolute atomic E-state index is 2.47. The average Bonchev–Trinajstić information content (AvgIpc) is 2.78. The van der Waals surface area contributed by atoms with Gasteiger partial charge in [-0.1, -0.05) is 106 Å². The molecule has 4 aliphatic carbocycles. The molecule has 0 saturated heterocycles. The molecule has 0 aromatic rings. The molecule has 0 nitrogen and oxygen atoms in total. The van der Waals surface area contributed by atoms with Crippen LogP contribution in [-0.2, 0) is 9.47 Å². The second-order valence-corrected chi connectivity index (χ2v) is 24.1. The molecule has 0 spiro atoms. The van der Waals surface area contributed by atoms with Crippen LogP contribution in [0.15, 0.2) is 0 Å². The molecular formula is C30H58I2V. The summed E-state index contributed by atoms with van der Waals surface area (Å²) in [4.78, 5) is 0. The summed E-state index contributed by atoms with van der Waals surface area (Å²) < 4.78 is 0. The number of halogens is 2. The maximum atomic E-state index is 2.47. The molecule has 0 amide bonds. The van der Waals surface area contributed by atoms with Gasteiger partial charge in [-0.15, -0.1) is 0 Å². The predicted octanol–water partition coefficient (Wildman–Crippen LogP) is 12.1. The van der Waals surface area contributed by atoms with Gasteiger partial charge in [0.15, 0.2) is 0 Å². The number of hydrogen-bond donors (Lipinski definition) is 0. The van der Waals surface area contributed by atoms with Gasteiger partial charge >= 0.3 is 49.4 Å². The van der Waals surface area contributed by atoms with Gasteiger partial charge in [0, 0.05) is 0 Å². The van der Waals surface area contributed by atoms with Crippen LogP contribution >= 0.6 is 40.0 Å². The molecule has 0 radical (unpaired) electrons. The van der Waals surface area contributed by atoms with Crippen molar-refractivity contribution in [3.8, 4) is 0 Å². The molecule has 0 aromatic carbocycles. The Bertz CT molecular complexity index is 452. The van der Waals surface area contributed by atoms with Crippen molar-refractivity contribution in [3.05, 3.63) is 0 Å². The van der Waals surface area contributed by atoms with Gasteiger partial charge in [-0.25, -0.2) is 0 Å². The van der Waals surface area contributed by atoms with E-state index in [-0.39, 0.29) is 14.9 Å². The molecular weight excluding hydrogens is 665 g/mol. The zero-order valence-corrected chi connectivity index (χ0v) is 26.3. The van der Waals surface area contributed by atoms with Gasteiger partial charge < -0.3 is 0 Å². The van der Waals surface area contributed by atoms with E-state index >= 15 is 0 Å². The number of rotatable bonds is 5. The molecule has 33 heavy (non-hydrogen) atoms. The Hall–Kier alpha value is 2.04. The summed E-state index contributed by atoms with van der Waals surface area (Å²) in [6, 6.07) is 0. The van der Waals surface area contributed by atoms with Crippen molar-refractivity contribution in [2.24, 2.45) is 47.3 Å². The SMILES string of the molecule is C.C.CC1CCC(CC2CCC(CC3CCC(C4CCC(C)CC4)CC3)CC2)CC1.[I][V][I]. The summed E-state index contributed by atoms with van der Waals surface area (Å²) >= 11 is 4.74. The topological polar surface area (TPSA) is 0 Å². The van der Waals surface area contributed by atoms with E-state index in [0.717, 1.165) is 47.3 Å². The van der Waals surface area contributed by atoms with Crippen LogP contribution in [0.4, 0.5) is 0 Å². The molecule has 0 unspecified atom stereocenters. The van der Waals surface area contributed by atoms with Crippen molar-refractivity contribution in [1.29, 1.82) is 0 Å². The molecule has 0 heterocycles. The van der Waals surface area contributed by atoms with Crippen LogP contribution in [0.2, 0.25) is 0 Å². The summed E-state index contributed by atoms with van der Waals surface area (Å²) in [6.07, 6.45) is 28.1. The summed E-state index contributed by atoms with van der Waals surface area (Å²) in [5, 5.41) is 0. The summed E-state index contributed by atoms with van der Waals surface area (Å²) in [7, 11) is 0.628. The van der Waals surface area contributed by atoms with Gasteiger partial charge in [0.25, 0.3) is 0 Å². The molecule has 0 N–H and O–H groups in total. The molecule has 4 fully saturated rings. The van der Waals surface area contributed by atoms with Crippen molar-refractivity contribution in [1.82, 2.24) is 0 Å². The van der Waals surface area contributed by atoms with Gasteiger partial charge in [0.2, 0.25) is 0 Å². The van der Waals surface area contributed by atoms with Crippen LogP contribution in [0, 0.1) is 47.3 Å². The van der Waals surface area contributed by atoms with E-state index in [1.165, 1.54) is 25.7 Å². The third kappa shape index (κ3) is 12.0. The Kier molecular flexibility index (Phi) is 18.4. The molecule has 197 valence electrons. The van der Waals surface area contributed by atoms with Gasteiger partial charge in [-0.3, -0.25) is 0 Å². The van der Waals surface area contributed by atoms with Crippen LogP contribution in [0.25, 0.3) is 0 Å². The molecule has 0 atom stereocenters. The minimum atomic E-state index is 0. The van der Waals surface area contributed by atoms with Crippen LogP contribution in [-0.4, -0.2) is 0 Å². The first-order valence-corrected chi connectivity index (χ1v) is 23.0. The Morgan fingerprint density at radius 3 is 1.00 bits per heavy atom. The molecule has 0 bridgehead atoms. The zero-order valence-electron chi connectivity index (χ0n) is 20.5. The molecule has 4 aliphatic rings. The van der Waals surface area contributed by atoms with Crippen molar-refractivity contribution in [2.45, 2.75) is 144 Å². The van der Waals surface area contributed by atoms with E-state index in [4.69, 9.17) is 0 Å². The normalized spacial score (nSPS) is 39.2. The fourth-order valence-electron chi connectivity index (χ4n) is 7.86. The summed E-state index contributed by atoms with van der Waals surface area (Å²) in [5.41, 5.74) is 0. The fourth-order valence-corrected chi connectivity index (χ4v) is 7.86. The molecule has 4 saturated carbocycles. The van der Waals surface area contributed by atoms with E-state index in [0.29, 0.717) is 9.47 Å². The van der Waals surface area contributed by atoms with Crippen LogP contribution < -0.4 is 0 Å². The van der Waals surface area contributed by atoms with Gasteiger partial charge in [0.05, 0.1) is 0 Å². The Balaban J connectivity index is 0.00000103. The van der Waals surface area contributed by atoms with Crippen molar-refractivity contribution in [3.63, 3.8) is 0 Å². The fraction of sp³-hybridized carbons (Fsp3) is 1.00. The van der Waals surface area contributed by atoms with Gasteiger partial charge in [-0.2, -0.15) is 0 Å². The predicted molar refractivity (Wildman–Crippen MR) is 164 cm³/mol. The molecule has 3 heteroatoms. The van der Waals surface area contributed by atoms with Crippen LogP contribution in [0.5, 0.6) is 0 Å². The van der Waals surface area contributed by atoms with E-state index in [1.807, 2.05) is 0 Å². The first-order chi connectivity index (χ1) is 15.1. The Labute approximate surface area is 239 Å². The summed E-state index contributed by atoms with van der Waals surface area (Å²) in [6.45, 7) is 4.93. The van der Waals surface area contributed by atoms with Gasteiger partial charge in [0.1, 0.15) is 0 Å². The van der Waals surface area contributed by atoms with Crippen LogP contribution in [0.3, 0.4) is 0 Å². The standard InChI is InChI=1S/C28H50.2CH4.2HI.V/c1-21-3-7-23(8-4-21)19-24-9-11-25(12-10-24)20-26-13-17-28(18-14-26)27-15-5-22(2)6-16-27;;;;;/h21-28H,3-20H2,1-2H3;2*1H4;2*1H;/q;;;;;+2/p-2. The molecule has 0 aromatic heterocycles. The van der Waals surface area contributed by atoms with E-state index < -0.39 is 0 Å². The second-order valence-electron chi connectivity index (χ2n) is 12.3. The van der Waals surface area contributed by atoms with Crippen molar-refractivity contribution < 1.29 is 9.47 Å². The third-order valence-electron chi connectivity index (χ3n) is 10.1. The average molecular weight is 724 g/mol. The second kappa shape index (κ2) is 18.3. The van der Waals surface area contributed by atoms with Crippen molar-refractivity contribution in [2.75, 3.05) is 0 Å².